The second kappa shape index (κ2) is 5.52. The van der Waals surface area contributed by atoms with Crippen molar-refractivity contribution < 1.29 is 4.21 Å². The molecule has 0 aliphatic rings. The number of hydrogen-bond acceptors (Lipinski definition) is 2. The smallest absolute Gasteiger partial charge is 0.0854 e. The van der Waals surface area contributed by atoms with Crippen LogP contribution in [0.4, 0.5) is 0 Å². The molecule has 0 amide bonds. The van der Waals surface area contributed by atoms with Crippen LogP contribution in [0.2, 0.25) is 0 Å². The van der Waals surface area contributed by atoms with Gasteiger partial charge in [-0.3, -0.25) is 0 Å². The molecule has 0 aliphatic heterocycles. The summed E-state index contributed by atoms with van der Waals surface area (Å²) < 4.78 is 16.3. The fourth-order valence-corrected chi connectivity index (χ4v) is 2.41. The van der Waals surface area contributed by atoms with E-state index in [1.54, 1.807) is 18.4 Å². The molecule has 0 aliphatic carbocycles. The van der Waals surface area contributed by atoms with E-state index in [2.05, 4.69) is 16.3 Å². The summed E-state index contributed by atoms with van der Waals surface area (Å²) in [6, 6.07) is 21.3. The average Bonchev–Trinajstić information content (AvgIpc) is 2.41. The largest absolute Gasteiger partial charge is 0.244 e. The summed E-state index contributed by atoms with van der Waals surface area (Å²) in [5.41, 5.74) is 0.865. The third-order valence-electron chi connectivity index (χ3n) is 2.37. The molecule has 0 bridgehead atoms. The number of rotatable bonds is 1. The van der Waals surface area contributed by atoms with Gasteiger partial charge in [-0.2, -0.15) is 0 Å². The SMILES string of the molecule is CS(=O)(=NC#Cc1ccccc1)c1ccccc1. The molecular weight excluding hydrogens is 242 g/mol. The first-order valence-corrected chi connectivity index (χ1v) is 7.43. The van der Waals surface area contributed by atoms with Gasteiger partial charge in [0.2, 0.25) is 0 Å². The van der Waals surface area contributed by atoms with E-state index in [0.717, 1.165) is 5.56 Å². The highest BCUT2D eigenvalue weighted by Crippen LogP contribution is 2.09. The fourth-order valence-electron chi connectivity index (χ4n) is 1.42. The summed E-state index contributed by atoms with van der Waals surface area (Å²) in [6.07, 6.45) is 1.60. The molecule has 0 aromatic heterocycles. The first-order chi connectivity index (χ1) is 8.68. The van der Waals surface area contributed by atoms with E-state index in [4.69, 9.17) is 0 Å². The zero-order chi connectivity index (χ0) is 12.8. The number of hydrogen-bond donors (Lipinski definition) is 0. The van der Waals surface area contributed by atoms with Crippen molar-refractivity contribution >= 4 is 9.73 Å². The van der Waals surface area contributed by atoms with E-state index in [1.807, 2.05) is 48.5 Å². The second-order valence-corrected chi connectivity index (χ2v) is 6.07. The first kappa shape index (κ1) is 12.4. The van der Waals surface area contributed by atoms with Crippen LogP contribution in [0.1, 0.15) is 5.56 Å². The van der Waals surface area contributed by atoms with Gasteiger partial charge in [-0.15, -0.1) is 4.36 Å². The first-order valence-electron chi connectivity index (χ1n) is 5.51. The highest BCUT2D eigenvalue weighted by molar-refractivity contribution is 7.93. The van der Waals surface area contributed by atoms with Crippen molar-refractivity contribution in [1.29, 1.82) is 0 Å². The van der Waals surface area contributed by atoms with Crippen LogP contribution in [0.15, 0.2) is 69.9 Å². The van der Waals surface area contributed by atoms with E-state index in [0.29, 0.717) is 4.90 Å². The Balaban J connectivity index is 2.30. The highest BCUT2D eigenvalue weighted by Gasteiger charge is 2.02. The molecule has 2 aromatic rings. The minimum atomic E-state index is -2.43. The van der Waals surface area contributed by atoms with Crippen molar-refractivity contribution in [2.24, 2.45) is 4.36 Å². The molecule has 1 unspecified atom stereocenters. The maximum atomic E-state index is 12.3. The Morgan fingerprint density at radius 2 is 1.50 bits per heavy atom. The van der Waals surface area contributed by atoms with Crippen LogP contribution in [0, 0.1) is 12.0 Å². The van der Waals surface area contributed by atoms with Gasteiger partial charge in [-0.1, -0.05) is 36.4 Å². The topological polar surface area (TPSA) is 29.4 Å². The van der Waals surface area contributed by atoms with Crippen LogP contribution >= 0.6 is 0 Å². The molecule has 0 spiro atoms. The van der Waals surface area contributed by atoms with Crippen molar-refractivity contribution in [3.63, 3.8) is 0 Å². The maximum absolute atomic E-state index is 12.3. The molecule has 0 saturated carbocycles. The van der Waals surface area contributed by atoms with Crippen molar-refractivity contribution in [2.45, 2.75) is 4.90 Å². The summed E-state index contributed by atoms with van der Waals surface area (Å²) in [7, 11) is -2.43. The zero-order valence-corrected chi connectivity index (χ0v) is 10.9. The lowest BCUT2D eigenvalue weighted by molar-refractivity contribution is 0.681. The minimum absolute atomic E-state index is 0.701. The molecule has 18 heavy (non-hydrogen) atoms. The molecule has 2 aromatic carbocycles. The molecule has 0 radical (unpaired) electrons. The molecule has 3 heteroatoms. The van der Waals surface area contributed by atoms with Gasteiger partial charge in [0.15, 0.2) is 0 Å². The normalized spacial score (nSPS) is 12.9. The predicted molar refractivity (Wildman–Crippen MR) is 74.5 cm³/mol. The molecule has 90 valence electrons. The van der Waals surface area contributed by atoms with E-state index in [9.17, 15) is 4.21 Å². The molecule has 0 heterocycles. The Bertz CT molecular complexity index is 688. The van der Waals surface area contributed by atoms with Gasteiger partial charge in [0.25, 0.3) is 0 Å². The molecular formula is C15H13NOS. The van der Waals surface area contributed by atoms with Gasteiger partial charge in [0.05, 0.1) is 9.73 Å². The quantitative estimate of drug-likeness (QED) is 0.720. The maximum Gasteiger partial charge on any atom is 0.0854 e. The third kappa shape index (κ3) is 3.22. The van der Waals surface area contributed by atoms with Crippen molar-refractivity contribution in [1.82, 2.24) is 0 Å². The van der Waals surface area contributed by atoms with Crippen LogP contribution in [0.5, 0.6) is 0 Å². The summed E-state index contributed by atoms with van der Waals surface area (Å²) in [5.74, 6) is 2.87. The fraction of sp³-hybridized carbons (Fsp3) is 0.0667. The van der Waals surface area contributed by atoms with Crippen LogP contribution in [-0.4, -0.2) is 10.5 Å². The summed E-state index contributed by atoms with van der Waals surface area (Å²) in [6.45, 7) is 0. The minimum Gasteiger partial charge on any atom is -0.244 e. The van der Waals surface area contributed by atoms with Crippen LogP contribution in [-0.2, 0) is 9.73 Å². The molecule has 0 saturated heterocycles. The summed E-state index contributed by atoms with van der Waals surface area (Å²) in [4.78, 5) is 0.701. The summed E-state index contributed by atoms with van der Waals surface area (Å²) in [5, 5.41) is 0. The van der Waals surface area contributed by atoms with Crippen LogP contribution in [0.25, 0.3) is 0 Å². The van der Waals surface area contributed by atoms with Gasteiger partial charge in [-0.25, -0.2) is 4.21 Å². The molecule has 0 N–H and O–H groups in total. The van der Waals surface area contributed by atoms with Crippen molar-refractivity contribution in [3.8, 4) is 12.0 Å². The number of nitrogens with zero attached hydrogens (tertiary/aromatic N) is 1. The monoisotopic (exact) mass is 255 g/mol. The van der Waals surface area contributed by atoms with E-state index in [-0.39, 0.29) is 0 Å². The average molecular weight is 255 g/mol. The Morgan fingerprint density at radius 1 is 0.944 bits per heavy atom. The summed E-state index contributed by atoms with van der Waals surface area (Å²) >= 11 is 0. The van der Waals surface area contributed by atoms with Crippen LogP contribution in [0.3, 0.4) is 0 Å². The highest BCUT2D eigenvalue weighted by atomic mass is 32.2. The Kier molecular flexibility index (Phi) is 3.81. The zero-order valence-electron chi connectivity index (χ0n) is 10.0. The Morgan fingerprint density at radius 3 is 2.11 bits per heavy atom. The standard InChI is InChI=1S/C15H13NOS/c1-18(17,15-10-6-3-7-11-15)16-13-12-14-8-4-2-5-9-14/h2-11H,1H3. The molecule has 2 nitrogen and oxygen atoms in total. The Labute approximate surface area is 108 Å². The van der Waals surface area contributed by atoms with E-state index < -0.39 is 9.73 Å². The van der Waals surface area contributed by atoms with E-state index >= 15 is 0 Å². The third-order valence-corrected chi connectivity index (χ3v) is 3.96. The van der Waals surface area contributed by atoms with Crippen LogP contribution < -0.4 is 0 Å². The van der Waals surface area contributed by atoms with Crippen molar-refractivity contribution in [2.75, 3.05) is 6.26 Å². The van der Waals surface area contributed by atoms with Gasteiger partial charge >= 0.3 is 0 Å². The molecule has 0 fully saturated rings. The molecule has 2 rings (SSSR count). The van der Waals surface area contributed by atoms with Gasteiger partial charge < -0.3 is 0 Å². The Hall–Kier alpha value is -2.05. The number of benzene rings is 2. The molecule has 1 atom stereocenters. The van der Waals surface area contributed by atoms with Gasteiger partial charge in [-0.05, 0) is 30.2 Å². The predicted octanol–water partition coefficient (Wildman–Crippen LogP) is 3.15. The second-order valence-electron chi connectivity index (χ2n) is 3.81. The lowest BCUT2D eigenvalue weighted by Gasteiger charge is -1.99. The lowest BCUT2D eigenvalue weighted by Crippen LogP contribution is -1.95. The van der Waals surface area contributed by atoms with Gasteiger partial charge in [0.1, 0.15) is 0 Å². The van der Waals surface area contributed by atoms with Crippen molar-refractivity contribution in [3.05, 3.63) is 66.2 Å². The lowest BCUT2D eigenvalue weighted by atomic mass is 10.2. The van der Waals surface area contributed by atoms with Gasteiger partial charge in [0, 0.05) is 22.8 Å². The van der Waals surface area contributed by atoms with E-state index in [1.165, 1.54) is 0 Å².